The van der Waals surface area contributed by atoms with Crippen molar-refractivity contribution in [2.24, 2.45) is 0 Å². The van der Waals surface area contributed by atoms with Gasteiger partial charge in [-0.05, 0) is 12.1 Å². The van der Waals surface area contributed by atoms with E-state index < -0.39 is 11.6 Å². The summed E-state index contributed by atoms with van der Waals surface area (Å²) in [6.07, 6.45) is 0.910. The third-order valence-corrected chi connectivity index (χ3v) is 2.52. The van der Waals surface area contributed by atoms with Crippen LogP contribution in [0.15, 0.2) is 18.2 Å². The van der Waals surface area contributed by atoms with Gasteiger partial charge in [-0.2, -0.15) is 0 Å². The molecular formula is C11H6O5. The Kier molecular flexibility index (Phi) is 1.60. The standard InChI is InChI=1S/C11H6O5/c12-7-3-8(13)11(14)6-2-10-9(1-5(6)7)15-4-16-10/h1-3,12H,4H2. The molecule has 5 nitrogen and oxygen atoms in total. The SMILES string of the molecule is O=C1C=C(O)c2cc3c(cc2C1=O)OCO3. The molecule has 80 valence electrons. The second-order valence-corrected chi connectivity index (χ2v) is 3.47. The van der Waals surface area contributed by atoms with Gasteiger partial charge in [0.2, 0.25) is 18.4 Å². The monoisotopic (exact) mass is 218 g/mol. The van der Waals surface area contributed by atoms with Crippen LogP contribution in [-0.4, -0.2) is 23.5 Å². The van der Waals surface area contributed by atoms with Crippen molar-refractivity contribution >= 4 is 17.3 Å². The summed E-state index contributed by atoms with van der Waals surface area (Å²) in [6.45, 7) is 0.0742. The zero-order chi connectivity index (χ0) is 11.3. The normalized spacial score (nSPS) is 17.1. The minimum atomic E-state index is -0.733. The molecule has 0 atom stereocenters. The Balaban J connectivity index is 2.28. The molecule has 0 amide bonds. The van der Waals surface area contributed by atoms with Crippen LogP contribution in [0.4, 0.5) is 0 Å². The number of hydrogen-bond donors (Lipinski definition) is 1. The van der Waals surface area contributed by atoms with Crippen LogP contribution < -0.4 is 9.47 Å². The van der Waals surface area contributed by atoms with Gasteiger partial charge in [0.05, 0.1) is 0 Å². The first kappa shape index (κ1) is 8.96. The third-order valence-electron chi connectivity index (χ3n) is 2.52. The lowest BCUT2D eigenvalue weighted by Crippen LogP contribution is -2.18. The van der Waals surface area contributed by atoms with Gasteiger partial charge in [0.1, 0.15) is 5.76 Å². The molecule has 0 aromatic heterocycles. The molecule has 0 saturated heterocycles. The summed E-state index contributed by atoms with van der Waals surface area (Å²) in [7, 11) is 0. The van der Waals surface area contributed by atoms with Crippen LogP contribution in [0.2, 0.25) is 0 Å². The quantitative estimate of drug-likeness (QED) is 0.659. The van der Waals surface area contributed by atoms with E-state index in [1.54, 1.807) is 0 Å². The average molecular weight is 218 g/mol. The molecule has 0 fully saturated rings. The predicted molar refractivity (Wildman–Crippen MR) is 52.5 cm³/mol. The lowest BCUT2D eigenvalue weighted by Gasteiger charge is -2.12. The predicted octanol–water partition coefficient (Wildman–Crippen LogP) is 1.08. The highest BCUT2D eigenvalue weighted by atomic mass is 16.7. The molecule has 3 rings (SSSR count). The zero-order valence-electron chi connectivity index (χ0n) is 8.02. The molecule has 0 unspecified atom stereocenters. The van der Waals surface area contributed by atoms with E-state index in [4.69, 9.17) is 9.47 Å². The van der Waals surface area contributed by atoms with Crippen molar-refractivity contribution in [3.05, 3.63) is 29.3 Å². The van der Waals surface area contributed by atoms with E-state index in [-0.39, 0.29) is 18.1 Å². The van der Waals surface area contributed by atoms with Gasteiger partial charge in [0.15, 0.2) is 11.5 Å². The van der Waals surface area contributed by atoms with Crippen LogP contribution in [-0.2, 0) is 4.79 Å². The minimum Gasteiger partial charge on any atom is -0.507 e. The topological polar surface area (TPSA) is 72.8 Å². The van der Waals surface area contributed by atoms with E-state index in [2.05, 4.69) is 0 Å². The largest absolute Gasteiger partial charge is 0.507 e. The molecule has 0 radical (unpaired) electrons. The summed E-state index contributed by atoms with van der Waals surface area (Å²) >= 11 is 0. The fourth-order valence-electron chi connectivity index (χ4n) is 1.74. The van der Waals surface area contributed by atoms with Crippen molar-refractivity contribution in [3.63, 3.8) is 0 Å². The smallest absolute Gasteiger partial charge is 0.233 e. The third kappa shape index (κ3) is 1.05. The van der Waals surface area contributed by atoms with Gasteiger partial charge in [-0.3, -0.25) is 9.59 Å². The Hall–Kier alpha value is -2.30. The fraction of sp³-hybridized carbons (Fsp3) is 0.0909. The number of benzene rings is 1. The van der Waals surface area contributed by atoms with E-state index >= 15 is 0 Å². The molecule has 5 heteroatoms. The highest BCUT2D eigenvalue weighted by Crippen LogP contribution is 2.38. The first-order valence-electron chi connectivity index (χ1n) is 4.60. The van der Waals surface area contributed by atoms with Gasteiger partial charge in [-0.1, -0.05) is 0 Å². The number of carbonyl (C=O) groups excluding carboxylic acids is 2. The van der Waals surface area contributed by atoms with E-state index in [9.17, 15) is 14.7 Å². The Morgan fingerprint density at radius 1 is 1.06 bits per heavy atom. The molecule has 1 aromatic carbocycles. The van der Waals surface area contributed by atoms with Crippen LogP contribution in [0.3, 0.4) is 0 Å². The highest BCUT2D eigenvalue weighted by molar-refractivity contribution is 6.50. The molecule has 1 aromatic rings. The number of allylic oxidation sites excluding steroid dienone is 1. The Morgan fingerprint density at radius 2 is 1.69 bits per heavy atom. The van der Waals surface area contributed by atoms with Crippen molar-refractivity contribution in [3.8, 4) is 11.5 Å². The van der Waals surface area contributed by atoms with Crippen molar-refractivity contribution in [2.45, 2.75) is 0 Å². The number of hydrogen-bond acceptors (Lipinski definition) is 5. The molecule has 0 saturated carbocycles. The first-order valence-corrected chi connectivity index (χ1v) is 4.60. The number of ether oxygens (including phenoxy) is 2. The minimum absolute atomic E-state index is 0.0742. The van der Waals surface area contributed by atoms with Gasteiger partial charge < -0.3 is 14.6 Å². The van der Waals surface area contributed by atoms with Crippen LogP contribution >= 0.6 is 0 Å². The molecule has 16 heavy (non-hydrogen) atoms. The number of fused-ring (bicyclic) bond motifs is 2. The van der Waals surface area contributed by atoms with Crippen LogP contribution in [0.25, 0.3) is 5.76 Å². The molecule has 1 N–H and O–H groups in total. The van der Waals surface area contributed by atoms with Gasteiger partial charge >= 0.3 is 0 Å². The first-order chi connectivity index (χ1) is 7.66. The van der Waals surface area contributed by atoms with Gasteiger partial charge in [0.25, 0.3) is 0 Å². The van der Waals surface area contributed by atoms with Gasteiger partial charge in [-0.25, -0.2) is 0 Å². The Labute approximate surface area is 89.9 Å². The van der Waals surface area contributed by atoms with Crippen molar-refractivity contribution in [1.82, 2.24) is 0 Å². The molecule has 1 heterocycles. The summed E-state index contributed by atoms with van der Waals surface area (Å²) in [5, 5.41) is 9.57. The van der Waals surface area contributed by atoms with Crippen LogP contribution in [0, 0.1) is 0 Å². The van der Waals surface area contributed by atoms with Crippen LogP contribution in [0.5, 0.6) is 11.5 Å². The summed E-state index contributed by atoms with van der Waals surface area (Å²) in [5.41, 5.74) is 0.447. The van der Waals surface area contributed by atoms with E-state index in [1.165, 1.54) is 12.1 Å². The maximum atomic E-state index is 11.6. The lowest BCUT2D eigenvalue weighted by atomic mass is 9.93. The average Bonchev–Trinajstić information content (AvgIpc) is 2.71. The van der Waals surface area contributed by atoms with E-state index in [0.717, 1.165) is 6.08 Å². The Morgan fingerprint density at radius 3 is 2.38 bits per heavy atom. The summed E-state index contributed by atoms with van der Waals surface area (Å²) < 4.78 is 10.2. The fourth-order valence-corrected chi connectivity index (χ4v) is 1.74. The molecule has 1 aliphatic carbocycles. The van der Waals surface area contributed by atoms with Crippen LogP contribution in [0.1, 0.15) is 15.9 Å². The molecular weight excluding hydrogens is 212 g/mol. The van der Waals surface area contributed by atoms with Gasteiger partial charge in [-0.15, -0.1) is 0 Å². The highest BCUT2D eigenvalue weighted by Gasteiger charge is 2.29. The number of carbonyl (C=O) groups is 2. The van der Waals surface area contributed by atoms with Crippen molar-refractivity contribution < 1.29 is 24.2 Å². The summed E-state index contributed by atoms with van der Waals surface area (Å²) in [4.78, 5) is 22.8. The molecule has 0 spiro atoms. The molecule has 1 aliphatic heterocycles. The number of ketones is 2. The van der Waals surface area contributed by atoms with Crippen molar-refractivity contribution in [1.29, 1.82) is 0 Å². The van der Waals surface area contributed by atoms with Crippen molar-refractivity contribution in [2.75, 3.05) is 6.79 Å². The van der Waals surface area contributed by atoms with E-state index in [1.807, 2.05) is 0 Å². The maximum absolute atomic E-state index is 11.6. The van der Waals surface area contributed by atoms with E-state index in [0.29, 0.717) is 17.1 Å². The maximum Gasteiger partial charge on any atom is 0.233 e. The lowest BCUT2D eigenvalue weighted by molar-refractivity contribution is -0.111. The second kappa shape index (κ2) is 2.85. The Bertz CT molecular complexity index is 556. The second-order valence-electron chi connectivity index (χ2n) is 3.47. The molecule has 0 bridgehead atoms. The number of aliphatic hydroxyl groups excluding tert-OH is 1. The summed E-state index contributed by atoms with van der Waals surface area (Å²) in [5.74, 6) is -0.733. The molecule has 2 aliphatic rings. The zero-order valence-corrected chi connectivity index (χ0v) is 8.02. The number of aliphatic hydroxyl groups is 1. The summed E-state index contributed by atoms with van der Waals surface area (Å²) in [6, 6.07) is 2.91. The van der Waals surface area contributed by atoms with Gasteiger partial charge in [0, 0.05) is 17.2 Å². The number of rotatable bonds is 0. The number of Topliss-reactive ketones (excluding diaryl/α,β-unsaturated/α-hetero) is 1.